The van der Waals surface area contributed by atoms with Gasteiger partial charge in [0.05, 0.1) is 31.9 Å². The highest BCUT2D eigenvalue weighted by molar-refractivity contribution is 8.09. The molecule has 32 heavy (non-hydrogen) atoms. The van der Waals surface area contributed by atoms with Crippen molar-refractivity contribution in [3.63, 3.8) is 0 Å². The fourth-order valence-corrected chi connectivity index (χ4v) is 6.86. The molecule has 1 saturated heterocycles. The predicted octanol–water partition coefficient (Wildman–Crippen LogP) is 1.44. The molecule has 3 rings (SSSR count). The number of carbonyl (C=O) groups is 1. The van der Waals surface area contributed by atoms with E-state index in [4.69, 9.17) is 4.74 Å². The van der Waals surface area contributed by atoms with Crippen LogP contribution in [-0.2, 0) is 31.3 Å². The number of rotatable bonds is 8. The van der Waals surface area contributed by atoms with Crippen molar-refractivity contribution in [2.45, 2.75) is 12.6 Å². The molecule has 0 spiro atoms. The van der Waals surface area contributed by atoms with E-state index in [2.05, 4.69) is 0 Å². The average molecular weight is 482 g/mol. The normalized spacial score (nSPS) is 17.6. The van der Waals surface area contributed by atoms with Crippen molar-refractivity contribution in [1.29, 1.82) is 0 Å². The van der Waals surface area contributed by atoms with Gasteiger partial charge < -0.3 is 9.64 Å². The number of sulfonamides is 2. The summed E-state index contributed by atoms with van der Waals surface area (Å²) in [5, 5.41) is 0. The van der Waals surface area contributed by atoms with Crippen molar-refractivity contribution in [3.05, 3.63) is 59.7 Å². The van der Waals surface area contributed by atoms with Crippen LogP contribution in [0.15, 0.2) is 48.5 Å². The van der Waals surface area contributed by atoms with Crippen molar-refractivity contribution in [2.24, 2.45) is 0 Å². The predicted molar refractivity (Wildman–Crippen MR) is 122 cm³/mol. The van der Waals surface area contributed by atoms with E-state index in [9.17, 15) is 21.6 Å². The standard InChI is InChI=1S/C21H27N3O6S2/c1-22-15-20(25)23(14-13-16-5-11-19(30-2)12-6-16)21(22)17-7-9-18(10-8-17)24(31(3,26)27)32(4,28)29/h5-12,21H,13-15H2,1-4H3. The molecule has 1 aliphatic rings. The average Bonchev–Trinajstić information content (AvgIpc) is 2.98. The molecule has 1 aliphatic heterocycles. The molecule has 1 fully saturated rings. The van der Waals surface area contributed by atoms with Crippen LogP contribution >= 0.6 is 0 Å². The van der Waals surface area contributed by atoms with Gasteiger partial charge in [-0.1, -0.05) is 24.3 Å². The number of nitrogens with zero attached hydrogens (tertiary/aromatic N) is 3. The highest BCUT2D eigenvalue weighted by Crippen LogP contribution is 2.32. The lowest BCUT2D eigenvalue weighted by molar-refractivity contribution is -0.128. The first-order valence-electron chi connectivity index (χ1n) is 9.85. The Morgan fingerprint density at radius 2 is 1.53 bits per heavy atom. The minimum Gasteiger partial charge on any atom is -0.497 e. The molecule has 9 nitrogen and oxygen atoms in total. The van der Waals surface area contributed by atoms with Gasteiger partial charge in [-0.05, 0) is 48.9 Å². The van der Waals surface area contributed by atoms with E-state index in [1.165, 1.54) is 12.1 Å². The van der Waals surface area contributed by atoms with Crippen LogP contribution in [0, 0.1) is 0 Å². The third-order valence-corrected chi connectivity index (χ3v) is 8.47. The topological polar surface area (TPSA) is 104 Å². The minimum absolute atomic E-state index is 0.0102. The lowest BCUT2D eigenvalue weighted by Crippen LogP contribution is -2.35. The third-order valence-electron chi connectivity index (χ3n) is 5.22. The molecule has 2 aromatic rings. The van der Waals surface area contributed by atoms with Gasteiger partial charge in [0.25, 0.3) is 0 Å². The number of anilines is 1. The molecule has 0 aliphatic carbocycles. The Bertz CT molecular complexity index is 1150. The number of hydrogen-bond acceptors (Lipinski definition) is 7. The summed E-state index contributed by atoms with van der Waals surface area (Å²) in [7, 11) is -4.60. The maximum Gasteiger partial charge on any atom is 0.245 e. The molecule has 1 unspecified atom stereocenters. The van der Waals surface area contributed by atoms with Gasteiger partial charge in [-0.15, -0.1) is 0 Å². The summed E-state index contributed by atoms with van der Waals surface area (Å²) < 4.78 is 53.6. The smallest absolute Gasteiger partial charge is 0.245 e. The number of carbonyl (C=O) groups excluding carboxylic acids is 1. The van der Waals surface area contributed by atoms with Crippen LogP contribution in [0.3, 0.4) is 0 Å². The Hall–Kier alpha value is -2.63. The Morgan fingerprint density at radius 1 is 0.969 bits per heavy atom. The summed E-state index contributed by atoms with van der Waals surface area (Å²) in [4.78, 5) is 16.3. The van der Waals surface area contributed by atoms with Crippen LogP contribution in [0.25, 0.3) is 0 Å². The van der Waals surface area contributed by atoms with Crippen molar-refractivity contribution in [1.82, 2.24) is 9.80 Å². The van der Waals surface area contributed by atoms with E-state index in [1.807, 2.05) is 36.2 Å². The van der Waals surface area contributed by atoms with Gasteiger partial charge in [0.1, 0.15) is 11.9 Å². The SMILES string of the molecule is COc1ccc(CCN2C(=O)CN(C)C2c2ccc(N(S(C)(=O)=O)S(C)(=O)=O)cc2)cc1. The summed E-state index contributed by atoms with van der Waals surface area (Å²) in [5.41, 5.74) is 1.86. The molecule has 0 bridgehead atoms. The van der Waals surface area contributed by atoms with E-state index in [1.54, 1.807) is 24.1 Å². The Labute approximate surface area is 189 Å². The second-order valence-electron chi connectivity index (χ2n) is 7.79. The van der Waals surface area contributed by atoms with E-state index < -0.39 is 20.0 Å². The highest BCUT2D eigenvalue weighted by atomic mass is 32.3. The molecule has 1 amide bonds. The van der Waals surface area contributed by atoms with Crippen molar-refractivity contribution < 1.29 is 26.4 Å². The molecular weight excluding hydrogens is 454 g/mol. The van der Waals surface area contributed by atoms with Gasteiger partial charge in [-0.25, -0.2) is 16.8 Å². The lowest BCUT2D eigenvalue weighted by atomic mass is 10.1. The molecule has 11 heteroatoms. The molecule has 1 heterocycles. The molecule has 0 N–H and O–H groups in total. The first kappa shape index (κ1) is 24.0. The zero-order valence-electron chi connectivity index (χ0n) is 18.4. The summed E-state index contributed by atoms with van der Waals surface area (Å²) in [6.07, 6.45) is 2.01. The second-order valence-corrected chi connectivity index (χ2v) is 11.7. The molecule has 0 saturated carbocycles. The van der Waals surface area contributed by atoms with Gasteiger partial charge in [-0.2, -0.15) is 3.71 Å². The number of amides is 1. The van der Waals surface area contributed by atoms with Gasteiger partial charge in [-0.3, -0.25) is 9.69 Å². The fourth-order valence-electron chi connectivity index (χ4n) is 3.89. The number of likely N-dealkylation sites (N-methyl/N-ethyl adjacent to an activating group) is 1. The van der Waals surface area contributed by atoms with E-state index in [0.717, 1.165) is 29.4 Å². The summed E-state index contributed by atoms with van der Waals surface area (Å²) in [6, 6.07) is 13.8. The van der Waals surface area contributed by atoms with Crippen molar-refractivity contribution in [3.8, 4) is 5.75 Å². The summed E-state index contributed by atoms with van der Waals surface area (Å²) >= 11 is 0. The largest absolute Gasteiger partial charge is 0.497 e. The summed E-state index contributed by atoms with van der Waals surface area (Å²) in [5.74, 6) is 0.755. The maximum absolute atomic E-state index is 12.6. The molecule has 0 aromatic heterocycles. The molecule has 1 atom stereocenters. The molecule has 0 radical (unpaired) electrons. The first-order valence-corrected chi connectivity index (χ1v) is 13.5. The third kappa shape index (κ3) is 5.22. The zero-order chi connectivity index (χ0) is 23.7. The van der Waals surface area contributed by atoms with Crippen LogP contribution in [0.2, 0.25) is 0 Å². The Kier molecular flexibility index (Phi) is 6.82. The van der Waals surface area contributed by atoms with E-state index in [0.29, 0.717) is 16.7 Å². The zero-order valence-corrected chi connectivity index (χ0v) is 20.1. The van der Waals surface area contributed by atoms with Gasteiger partial charge in [0.15, 0.2) is 0 Å². The molecular formula is C21H27N3O6S2. The lowest BCUT2D eigenvalue weighted by Gasteiger charge is -2.29. The highest BCUT2D eigenvalue weighted by Gasteiger charge is 2.36. The van der Waals surface area contributed by atoms with Crippen LogP contribution in [0.5, 0.6) is 5.75 Å². The monoisotopic (exact) mass is 481 g/mol. The molecule has 2 aromatic carbocycles. The minimum atomic E-state index is -4.02. The van der Waals surface area contributed by atoms with Crippen LogP contribution in [0.4, 0.5) is 5.69 Å². The second kappa shape index (κ2) is 9.08. The summed E-state index contributed by atoms with van der Waals surface area (Å²) in [6.45, 7) is 0.758. The van der Waals surface area contributed by atoms with E-state index >= 15 is 0 Å². The number of ether oxygens (including phenoxy) is 1. The van der Waals surface area contributed by atoms with E-state index in [-0.39, 0.29) is 24.3 Å². The number of methoxy groups -OCH3 is 1. The van der Waals surface area contributed by atoms with Crippen LogP contribution < -0.4 is 8.45 Å². The van der Waals surface area contributed by atoms with Gasteiger partial charge in [0, 0.05) is 6.54 Å². The number of hydrogen-bond donors (Lipinski definition) is 0. The first-order chi connectivity index (χ1) is 14.9. The Morgan fingerprint density at radius 3 is 2.03 bits per heavy atom. The Balaban J connectivity index is 1.83. The van der Waals surface area contributed by atoms with Gasteiger partial charge >= 0.3 is 0 Å². The maximum atomic E-state index is 12.6. The fraction of sp³-hybridized carbons (Fsp3) is 0.381. The number of benzene rings is 2. The van der Waals surface area contributed by atoms with Gasteiger partial charge in [0.2, 0.25) is 26.0 Å². The van der Waals surface area contributed by atoms with Crippen LogP contribution in [-0.4, -0.2) is 72.3 Å². The quantitative estimate of drug-likeness (QED) is 0.562. The van der Waals surface area contributed by atoms with Crippen molar-refractivity contribution >= 4 is 31.6 Å². The van der Waals surface area contributed by atoms with Crippen molar-refractivity contribution in [2.75, 3.05) is 43.5 Å². The molecule has 174 valence electrons. The van der Waals surface area contributed by atoms with Crippen LogP contribution in [0.1, 0.15) is 17.3 Å².